The predicted octanol–water partition coefficient (Wildman–Crippen LogP) is -0.122. The average molecular weight is 173 g/mol. The van der Waals surface area contributed by atoms with Crippen LogP contribution in [0.3, 0.4) is 0 Å². The molecule has 2 unspecified atom stereocenters. The van der Waals surface area contributed by atoms with Crippen LogP contribution in [0.15, 0.2) is 0 Å². The van der Waals surface area contributed by atoms with Crippen molar-refractivity contribution in [2.75, 3.05) is 27.8 Å². The van der Waals surface area contributed by atoms with Crippen LogP contribution in [0.2, 0.25) is 0 Å². The summed E-state index contributed by atoms with van der Waals surface area (Å²) < 4.78 is 9.84. The Bertz CT molecular complexity index is 170. The van der Waals surface area contributed by atoms with Crippen LogP contribution >= 0.6 is 0 Å². The van der Waals surface area contributed by atoms with E-state index in [1.807, 2.05) is 14.1 Å². The molecule has 70 valence electrons. The maximum Gasteiger partial charge on any atom is 0.335 e. The monoisotopic (exact) mass is 173 g/mol. The lowest BCUT2D eigenvalue weighted by molar-refractivity contribution is -0.151. The lowest BCUT2D eigenvalue weighted by Crippen LogP contribution is -2.29. The van der Waals surface area contributed by atoms with E-state index >= 15 is 0 Å². The molecule has 0 aliphatic carbocycles. The quantitative estimate of drug-likeness (QED) is 0.546. The van der Waals surface area contributed by atoms with Gasteiger partial charge >= 0.3 is 5.97 Å². The maximum absolute atomic E-state index is 11.0. The molecule has 1 heterocycles. The van der Waals surface area contributed by atoms with E-state index in [-0.39, 0.29) is 12.1 Å². The Labute approximate surface area is 72.4 Å². The van der Waals surface area contributed by atoms with E-state index in [0.717, 1.165) is 6.42 Å². The Kier molecular flexibility index (Phi) is 3.05. The van der Waals surface area contributed by atoms with E-state index in [4.69, 9.17) is 4.74 Å². The van der Waals surface area contributed by atoms with Crippen molar-refractivity contribution in [1.29, 1.82) is 0 Å². The normalized spacial score (nSPS) is 29.3. The molecule has 1 saturated heterocycles. The Balaban J connectivity index is 2.40. The van der Waals surface area contributed by atoms with E-state index in [0.29, 0.717) is 12.6 Å². The Morgan fingerprint density at radius 2 is 2.25 bits per heavy atom. The van der Waals surface area contributed by atoms with Crippen molar-refractivity contribution in [3.63, 3.8) is 0 Å². The second-order valence-electron chi connectivity index (χ2n) is 3.20. The Morgan fingerprint density at radius 3 is 2.67 bits per heavy atom. The van der Waals surface area contributed by atoms with Crippen molar-refractivity contribution in [3.8, 4) is 0 Å². The van der Waals surface area contributed by atoms with Crippen LogP contribution in [0, 0.1) is 0 Å². The number of rotatable bonds is 2. The fraction of sp³-hybridized carbons (Fsp3) is 0.875. The molecule has 0 aromatic carbocycles. The molecule has 4 nitrogen and oxygen atoms in total. The highest BCUT2D eigenvalue weighted by atomic mass is 16.6. The number of hydrogen-bond acceptors (Lipinski definition) is 4. The largest absolute Gasteiger partial charge is 0.467 e. The number of carbonyl (C=O) groups is 1. The molecular weight excluding hydrogens is 158 g/mol. The predicted molar refractivity (Wildman–Crippen MR) is 43.8 cm³/mol. The summed E-state index contributed by atoms with van der Waals surface area (Å²) in [6.07, 6.45) is 0.377. The maximum atomic E-state index is 11.0. The number of likely N-dealkylation sites (N-methyl/N-ethyl adjacent to an activating group) is 1. The number of nitrogens with zero attached hydrogens (tertiary/aromatic N) is 1. The third-order valence-corrected chi connectivity index (χ3v) is 2.17. The summed E-state index contributed by atoms with van der Waals surface area (Å²) in [7, 11) is 5.34. The first-order valence-corrected chi connectivity index (χ1v) is 4.01. The highest BCUT2D eigenvalue weighted by Gasteiger charge is 2.32. The van der Waals surface area contributed by atoms with Gasteiger partial charge in [0.15, 0.2) is 6.10 Å². The Hall–Kier alpha value is -0.610. The molecule has 0 radical (unpaired) electrons. The Morgan fingerprint density at radius 1 is 1.58 bits per heavy atom. The first-order chi connectivity index (χ1) is 5.65. The first-order valence-electron chi connectivity index (χ1n) is 4.01. The van der Waals surface area contributed by atoms with Gasteiger partial charge in [-0.2, -0.15) is 0 Å². The summed E-state index contributed by atoms with van der Waals surface area (Å²) in [4.78, 5) is 13.1. The van der Waals surface area contributed by atoms with Gasteiger partial charge in [-0.05, 0) is 14.1 Å². The van der Waals surface area contributed by atoms with Crippen LogP contribution in [-0.4, -0.2) is 50.8 Å². The second kappa shape index (κ2) is 3.87. The smallest absolute Gasteiger partial charge is 0.335 e. The summed E-state index contributed by atoms with van der Waals surface area (Å²) in [5.41, 5.74) is 0. The molecule has 0 aromatic heterocycles. The van der Waals surface area contributed by atoms with Crippen molar-refractivity contribution in [1.82, 2.24) is 4.90 Å². The topological polar surface area (TPSA) is 38.8 Å². The fourth-order valence-corrected chi connectivity index (χ4v) is 1.27. The number of methoxy groups -OCH3 is 1. The van der Waals surface area contributed by atoms with Gasteiger partial charge < -0.3 is 14.4 Å². The van der Waals surface area contributed by atoms with Crippen LogP contribution in [0.4, 0.5) is 0 Å². The molecule has 0 amide bonds. The molecule has 0 saturated carbocycles. The number of hydrogen-bond donors (Lipinski definition) is 0. The number of esters is 1. The summed E-state index contributed by atoms with van der Waals surface area (Å²) in [5, 5.41) is 0. The molecule has 1 fully saturated rings. The van der Waals surface area contributed by atoms with Gasteiger partial charge in [-0.15, -0.1) is 0 Å². The molecule has 2 atom stereocenters. The van der Waals surface area contributed by atoms with Crippen molar-refractivity contribution in [2.24, 2.45) is 0 Å². The third-order valence-electron chi connectivity index (χ3n) is 2.17. The van der Waals surface area contributed by atoms with Crippen molar-refractivity contribution < 1.29 is 14.3 Å². The molecule has 12 heavy (non-hydrogen) atoms. The van der Waals surface area contributed by atoms with E-state index in [1.165, 1.54) is 7.11 Å². The lowest BCUT2D eigenvalue weighted by atomic mass is 10.1. The fourth-order valence-electron chi connectivity index (χ4n) is 1.27. The van der Waals surface area contributed by atoms with Crippen LogP contribution in [0.1, 0.15) is 6.42 Å². The molecule has 1 aliphatic rings. The van der Waals surface area contributed by atoms with Crippen molar-refractivity contribution in [2.45, 2.75) is 18.6 Å². The summed E-state index contributed by atoms with van der Waals surface area (Å²) in [6, 6.07) is 0.342. The van der Waals surface area contributed by atoms with Gasteiger partial charge in [0.25, 0.3) is 0 Å². The van der Waals surface area contributed by atoms with Crippen molar-refractivity contribution >= 4 is 5.97 Å². The van der Waals surface area contributed by atoms with Gasteiger partial charge in [-0.1, -0.05) is 0 Å². The zero-order chi connectivity index (χ0) is 9.14. The molecule has 0 spiro atoms. The van der Waals surface area contributed by atoms with Crippen LogP contribution in [-0.2, 0) is 14.3 Å². The van der Waals surface area contributed by atoms with Gasteiger partial charge in [0.05, 0.1) is 13.7 Å². The molecule has 0 bridgehead atoms. The zero-order valence-corrected chi connectivity index (χ0v) is 7.74. The van der Waals surface area contributed by atoms with Gasteiger partial charge in [0, 0.05) is 12.5 Å². The highest BCUT2D eigenvalue weighted by molar-refractivity contribution is 5.74. The molecule has 1 rings (SSSR count). The standard InChI is InChI=1S/C8H15NO3/c1-9(2)6-4-7(12-5-6)8(10)11-3/h6-7H,4-5H2,1-3H3. The minimum absolute atomic E-state index is 0.264. The van der Waals surface area contributed by atoms with Gasteiger partial charge in [0.2, 0.25) is 0 Å². The van der Waals surface area contributed by atoms with E-state index in [1.54, 1.807) is 0 Å². The lowest BCUT2D eigenvalue weighted by Gasteiger charge is -2.16. The average Bonchev–Trinajstić information content (AvgIpc) is 2.51. The molecule has 0 aromatic rings. The van der Waals surface area contributed by atoms with E-state index in [2.05, 4.69) is 9.64 Å². The summed E-state index contributed by atoms with van der Waals surface area (Å²) in [5.74, 6) is -0.264. The molecule has 4 heteroatoms. The van der Waals surface area contributed by atoms with E-state index in [9.17, 15) is 4.79 Å². The minimum atomic E-state index is -0.359. The first kappa shape index (κ1) is 9.48. The number of carbonyl (C=O) groups excluding carboxylic acids is 1. The zero-order valence-electron chi connectivity index (χ0n) is 7.74. The van der Waals surface area contributed by atoms with Crippen LogP contribution in [0.5, 0.6) is 0 Å². The van der Waals surface area contributed by atoms with Crippen LogP contribution < -0.4 is 0 Å². The van der Waals surface area contributed by atoms with Crippen molar-refractivity contribution in [3.05, 3.63) is 0 Å². The third kappa shape index (κ3) is 1.95. The SMILES string of the molecule is COC(=O)C1CC(N(C)C)CO1. The molecule has 0 N–H and O–H groups in total. The minimum Gasteiger partial charge on any atom is -0.467 e. The van der Waals surface area contributed by atoms with Gasteiger partial charge in [-0.25, -0.2) is 4.79 Å². The number of ether oxygens (including phenoxy) is 2. The van der Waals surface area contributed by atoms with Crippen LogP contribution in [0.25, 0.3) is 0 Å². The van der Waals surface area contributed by atoms with Gasteiger partial charge in [-0.3, -0.25) is 0 Å². The molecule has 1 aliphatic heterocycles. The summed E-state index contributed by atoms with van der Waals surface area (Å²) in [6.45, 7) is 0.618. The molecular formula is C8H15NO3. The van der Waals surface area contributed by atoms with Gasteiger partial charge in [0.1, 0.15) is 0 Å². The second-order valence-corrected chi connectivity index (χ2v) is 3.20. The summed E-state index contributed by atoms with van der Waals surface area (Å²) >= 11 is 0. The van der Waals surface area contributed by atoms with E-state index < -0.39 is 0 Å². The highest BCUT2D eigenvalue weighted by Crippen LogP contribution is 2.17.